The smallest absolute Gasteiger partial charge is 0.458 e. The van der Waals surface area contributed by atoms with Gasteiger partial charge >= 0.3 is 19.5 Å². The van der Waals surface area contributed by atoms with E-state index in [2.05, 4.69) is 17.2 Å². The maximum absolute atomic E-state index is 15.8. The van der Waals surface area contributed by atoms with Crippen molar-refractivity contribution in [1.29, 1.82) is 5.26 Å². The van der Waals surface area contributed by atoms with Gasteiger partial charge in [0.2, 0.25) is 0 Å². The summed E-state index contributed by atoms with van der Waals surface area (Å²) in [6.45, 7) is 1.51. The number of phosphoric acid groups is 1. The number of nitrogens with one attached hydrogen (secondary N) is 1. The minimum atomic E-state index is -4.23. The van der Waals surface area contributed by atoms with Crippen LogP contribution in [0.2, 0.25) is 0 Å². The van der Waals surface area contributed by atoms with Crippen LogP contribution >= 0.6 is 19.6 Å². The lowest BCUT2D eigenvalue weighted by Crippen LogP contribution is -2.25. The molecule has 1 aliphatic heterocycles. The Kier molecular flexibility index (Phi) is 17.7. The third kappa shape index (κ3) is 13.8. The number of anilines is 1. The Bertz CT molecular complexity index is 1780. The highest BCUT2D eigenvalue weighted by Crippen LogP contribution is 2.50. The van der Waals surface area contributed by atoms with E-state index in [-0.39, 0.29) is 48.4 Å². The fourth-order valence-corrected chi connectivity index (χ4v) is 7.86. The summed E-state index contributed by atoms with van der Waals surface area (Å²) >= 11 is 1.63. The minimum absolute atomic E-state index is 0.0127. The first-order valence-corrected chi connectivity index (χ1v) is 20.8. The number of hydrogen-bond acceptors (Lipinski definition) is 11. The number of rotatable bonds is 23. The molecule has 0 bridgehead atoms. The fourth-order valence-electron chi connectivity index (χ4n) is 5.58. The molecule has 3 aromatic rings. The number of thioether (sulfide) groups is 1. The van der Waals surface area contributed by atoms with E-state index in [0.29, 0.717) is 24.2 Å². The third-order valence-corrected chi connectivity index (χ3v) is 11.1. The molecule has 4 rings (SSSR count). The summed E-state index contributed by atoms with van der Waals surface area (Å²) in [4.78, 5) is 43.0. The summed E-state index contributed by atoms with van der Waals surface area (Å²) in [5, 5.41) is 11.5. The topological polar surface area (TPSA) is 159 Å². The number of halogens is 1. The van der Waals surface area contributed by atoms with Gasteiger partial charge in [-0.2, -0.15) is 22.0 Å². The molecular formula is C38H48FN4O8PS. The lowest BCUT2D eigenvalue weighted by atomic mass is 10.1. The summed E-state index contributed by atoms with van der Waals surface area (Å²) in [6, 6.07) is 13.7. The number of ether oxygens (including phenoxy) is 1. The summed E-state index contributed by atoms with van der Waals surface area (Å²) in [5.41, 5.74) is -0.992. The molecule has 1 fully saturated rings. The normalized spacial score (nSPS) is 15.1. The Morgan fingerprint density at radius 3 is 2.36 bits per heavy atom. The predicted molar refractivity (Wildman–Crippen MR) is 202 cm³/mol. The van der Waals surface area contributed by atoms with Crippen LogP contribution in [-0.2, 0) is 29.5 Å². The predicted octanol–water partition coefficient (Wildman–Crippen LogP) is 8.78. The SMILES string of the molecule is CCCCCCCCCCCCOP(=O)(OCCC#N)OCc1cc(F)c(-n2ccc(NC(=O)c3ccccc3)nc2=O)cc1C(=O)OC1CCSC1. The Morgan fingerprint density at radius 2 is 1.70 bits per heavy atom. The van der Waals surface area contributed by atoms with E-state index in [4.69, 9.17) is 23.6 Å². The number of carbonyl (C=O) groups is 2. The molecule has 0 aliphatic carbocycles. The van der Waals surface area contributed by atoms with Gasteiger partial charge in [-0.1, -0.05) is 82.9 Å². The highest BCUT2D eigenvalue weighted by atomic mass is 32.2. The molecule has 0 saturated carbocycles. The zero-order chi connectivity index (χ0) is 37.9. The van der Waals surface area contributed by atoms with Gasteiger partial charge in [-0.05, 0) is 54.5 Å². The second-order valence-corrected chi connectivity index (χ2v) is 15.4. The van der Waals surface area contributed by atoms with Gasteiger partial charge in [-0.15, -0.1) is 0 Å². The van der Waals surface area contributed by atoms with Gasteiger partial charge in [0, 0.05) is 17.5 Å². The number of amides is 1. The summed E-state index contributed by atoms with van der Waals surface area (Å²) in [5.74, 6) is -0.808. The third-order valence-electron chi connectivity index (χ3n) is 8.48. The molecule has 2 atom stereocenters. The molecule has 53 heavy (non-hydrogen) atoms. The van der Waals surface area contributed by atoms with Gasteiger partial charge in [-0.25, -0.2) is 18.5 Å². The summed E-state index contributed by atoms with van der Waals surface area (Å²) in [7, 11) is -4.23. The number of nitriles is 1. The van der Waals surface area contributed by atoms with E-state index in [9.17, 15) is 18.9 Å². The first-order valence-electron chi connectivity index (χ1n) is 18.2. The molecule has 1 aliphatic rings. The Balaban J connectivity index is 1.47. The number of nitrogens with zero attached hydrogens (tertiary/aromatic N) is 3. The number of esters is 1. The van der Waals surface area contributed by atoms with E-state index in [0.717, 1.165) is 41.7 Å². The van der Waals surface area contributed by atoms with Crippen LogP contribution in [0.1, 0.15) is 110 Å². The standard InChI is InChI=1S/C38H48FN4O8PS/c1-2-3-4-5-6-7-8-9-10-14-22-48-52(47,49-23-15-20-40)50-27-30-25-33(39)34(26-32(30)37(45)51-31-19-24-53-28-31)43-21-18-35(42-38(43)46)41-36(44)29-16-12-11-13-17-29/h11-13,16-18,21,25-26,31H,2-10,14-15,19,22-24,27-28H2,1H3,(H,41,42,44,46). The van der Waals surface area contributed by atoms with E-state index in [1.807, 2.05) is 6.07 Å². The first-order chi connectivity index (χ1) is 25.7. The van der Waals surface area contributed by atoms with Crippen molar-refractivity contribution < 1.29 is 36.9 Å². The Morgan fingerprint density at radius 1 is 1.00 bits per heavy atom. The van der Waals surface area contributed by atoms with Crippen LogP contribution in [0.3, 0.4) is 0 Å². The maximum Gasteiger partial charge on any atom is 0.475 e. The van der Waals surface area contributed by atoms with E-state index < -0.39 is 37.8 Å². The van der Waals surface area contributed by atoms with Gasteiger partial charge in [0.05, 0.1) is 43.6 Å². The molecule has 286 valence electrons. The van der Waals surface area contributed by atoms with E-state index in [1.54, 1.807) is 42.1 Å². The largest absolute Gasteiger partial charge is 0.475 e. The number of benzene rings is 2. The number of aromatic nitrogens is 2. The van der Waals surface area contributed by atoms with Crippen LogP contribution in [0.4, 0.5) is 10.2 Å². The van der Waals surface area contributed by atoms with Crippen molar-refractivity contribution in [3.05, 3.63) is 87.7 Å². The van der Waals surface area contributed by atoms with Crippen LogP contribution in [0.25, 0.3) is 5.69 Å². The lowest BCUT2D eigenvalue weighted by Gasteiger charge is -2.20. The maximum atomic E-state index is 15.8. The average molecular weight is 771 g/mol. The molecule has 1 saturated heterocycles. The highest BCUT2D eigenvalue weighted by molar-refractivity contribution is 7.99. The number of phosphoric ester groups is 1. The summed E-state index contributed by atoms with van der Waals surface area (Å²) in [6.07, 6.45) is 12.5. The second-order valence-electron chi connectivity index (χ2n) is 12.6. The molecule has 2 unspecified atom stereocenters. The van der Waals surface area contributed by atoms with Crippen LogP contribution in [-0.4, -0.2) is 52.3 Å². The van der Waals surface area contributed by atoms with Gasteiger partial charge < -0.3 is 10.1 Å². The number of unbranched alkanes of at least 4 members (excludes halogenated alkanes) is 9. The molecule has 15 heteroatoms. The van der Waals surface area contributed by atoms with Crippen molar-refractivity contribution in [2.24, 2.45) is 0 Å². The quantitative estimate of drug-likeness (QED) is 0.0558. The molecule has 0 radical (unpaired) electrons. The van der Waals surface area contributed by atoms with Crippen molar-refractivity contribution in [1.82, 2.24) is 9.55 Å². The monoisotopic (exact) mass is 770 g/mol. The second kappa shape index (κ2) is 22.4. The van der Waals surface area contributed by atoms with Crippen LogP contribution in [0.5, 0.6) is 0 Å². The van der Waals surface area contributed by atoms with Gasteiger partial charge in [0.1, 0.15) is 17.7 Å². The molecule has 2 aromatic carbocycles. The van der Waals surface area contributed by atoms with Crippen molar-refractivity contribution in [3.8, 4) is 11.8 Å². The van der Waals surface area contributed by atoms with Crippen LogP contribution in [0, 0.1) is 17.1 Å². The molecular weight excluding hydrogens is 722 g/mol. The Labute approximate surface area is 314 Å². The zero-order valence-corrected chi connectivity index (χ0v) is 31.8. The Hall–Kier alpha value is -3.86. The zero-order valence-electron chi connectivity index (χ0n) is 30.1. The van der Waals surface area contributed by atoms with Crippen LogP contribution in [0.15, 0.2) is 59.5 Å². The average Bonchev–Trinajstić information content (AvgIpc) is 3.67. The van der Waals surface area contributed by atoms with Crippen molar-refractivity contribution >= 4 is 37.3 Å². The lowest BCUT2D eigenvalue weighted by molar-refractivity contribution is 0.0351. The molecule has 1 N–H and O–H groups in total. The number of carbonyl (C=O) groups excluding carboxylic acids is 2. The molecule has 2 heterocycles. The van der Waals surface area contributed by atoms with Crippen LogP contribution < -0.4 is 11.0 Å². The molecule has 1 aromatic heterocycles. The molecule has 1 amide bonds. The van der Waals surface area contributed by atoms with Crippen molar-refractivity contribution in [2.45, 2.75) is 96.7 Å². The van der Waals surface area contributed by atoms with Crippen molar-refractivity contribution in [2.75, 3.05) is 30.0 Å². The van der Waals surface area contributed by atoms with Gasteiger partial charge in [0.25, 0.3) is 5.91 Å². The van der Waals surface area contributed by atoms with E-state index in [1.165, 1.54) is 50.8 Å². The van der Waals surface area contributed by atoms with E-state index >= 15 is 4.39 Å². The van der Waals surface area contributed by atoms with Gasteiger partial charge in [0.15, 0.2) is 0 Å². The van der Waals surface area contributed by atoms with Gasteiger partial charge in [-0.3, -0.25) is 22.9 Å². The molecule has 0 spiro atoms. The minimum Gasteiger partial charge on any atom is -0.458 e. The number of hydrogen-bond donors (Lipinski definition) is 1. The fraction of sp³-hybridized carbons (Fsp3) is 0.500. The highest BCUT2D eigenvalue weighted by Gasteiger charge is 2.30. The molecule has 12 nitrogen and oxygen atoms in total. The first kappa shape index (κ1) is 41.9. The summed E-state index contributed by atoms with van der Waals surface area (Å²) < 4.78 is 52.6. The van der Waals surface area contributed by atoms with Crippen molar-refractivity contribution in [3.63, 3.8) is 0 Å².